The Bertz CT molecular complexity index is 1270. The molecule has 0 saturated heterocycles. The molecule has 7 heteroatoms. The Balaban J connectivity index is 1.38. The van der Waals surface area contributed by atoms with Gasteiger partial charge in [0.15, 0.2) is 0 Å². The van der Waals surface area contributed by atoms with Crippen LogP contribution in [-0.4, -0.2) is 27.0 Å². The number of aryl methyl sites for hydroxylation is 1. The second-order valence-corrected chi connectivity index (χ2v) is 6.64. The van der Waals surface area contributed by atoms with E-state index < -0.39 is 11.1 Å². The number of aromatic amines is 2. The molecular formula is C21H20N4O3. The van der Waals surface area contributed by atoms with Crippen molar-refractivity contribution in [2.45, 2.75) is 19.4 Å². The van der Waals surface area contributed by atoms with Gasteiger partial charge in [-0.3, -0.25) is 14.4 Å². The maximum absolute atomic E-state index is 12.2. The van der Waals surface area contributed by atoms with Crippen LogP contribution in [0, 0.1) is 0 Å². The summed E-state index contributed by atoms with van der Waals surface area (Å²) in [6.07, 6.45) is 2.91. The number of benzene rings is 2. The van der Waals surface area contributed by atoms with Crippen molar-refractivity contribution in [1.29, 1.82) is 0 Å². The fourth-order valence-corrected chi connectivity index (χ4v) is 3.43. The van der Waals surface area contributed by atoms with Crippen LogP contribution in [0.3, 0.4) is 0 Å². The third-order valence-electron chi connectivity index (χ3n) is 4.84. The first kappa shape index (κ1) is 17.8. The van der Waals surface area contributed by atoms with Crippen molar-refractivity contribution < 1.29 is 4.79 Å². The van der Waals surface area contributed by atoms with Crippen LogP contribution in [0.1, 0.15) is 12.0 Å². The lowest BCUT2D eigenvalue weighted by molar-refractivity contribution is -0.121. The van der Waals surface area contributed by atoms with Gasteiger partial charge < -0.3 is 19.9 Å². The molecule has 4 rings (SSSR count). The van der Waals surface area contributed by atoms with Gasteiger partial charge in [0, 0.05) is 36.6 Å². The molecule has 0 fully saturated rings. The highest BCUT2D eigenvalue weighted by molar-refractivity contribution is 5.84. The molecule has 0 bridgehead atoms. The largest absolute Gasteiger partial charge is 0.361 e. The molecule has 0 aliphatic rings. The number of fused-ring (bicyclic) bond motifs is 2. The van der Waals surface area contributed by atoms with Crippen molar-refractivity contribution in [2.75, 3.05) is 6.54 Å². The predicted octanol–water partition coefficient (Wildman–Crippen LogP) is 1.92. The number of rotatable bonds is 6. The molecule has 0 aliphatic carbocycles. The minimum atomic E-state index is -0.663. The molecule has 0 spiro atoms. The SMILES string of the molecule is O=C(CCc1c[nH]c2ccccc12)NCCn1c(=O)c(=O)[nH]c2ccccc21. The Kier molecular flexibility index (Phi) is 4.80. The maximum atomic E-state index is 12.2. The van der Waals surface area contributed by atoms with Crippen LogP contribution in [0.15, 0.2) is 64.3 Å². The lowest BCUT2D eigenvalue weighted by Crippen LogP contribution is -2.39. The molecule has 4 aromatic rings. The number of H-pyrrole nitrogens is 2. The number of aromatic nitrogens is 3. The molecule has 0 atom stereocenters. The minimum Gasteiger partial charge on any atom is -0.361 e. The van der Waals surface area contributed by atoms with E-state index in [0.29, 0.717) is 23.9 Å². The van der Waals surface area contributed by atoms with Gasteiger partial charge in [0.2, 0.25) is 5.91 Å². The van der Waals surface area contributed by atoms with Gasteiger partial charge in [-0.25, -0.2) is 0 Å². The van der Waals surface area contributed by atoms with E-state index in [1.165, 1.54) is 4.57 Å². The number of para-hydroxylation sites is 3. The number of hydrogen-bond acceptors (Lipinski definition) is 3. The summed E-state index contributed by atoms with van der Waals surface area (Å²) < 4.78 is 1.40. The van der Waals surface area contributed by atoms with Crippen molar-refractivity contribution in [2.24, 2.45) is 0 Å². The highest BCUT2D eigenvalue weighted by atomic mass is 16.2. The average molecular weight is 376 g/mol. The van der Waals surface area contributed by atoms with E-state index in [2.05, 4.69) is 15.3 Å². The number of amides is 1. The molecule has 0 unspecified atom stereocenters. The Morgan fingerprint density at radius 3 is 2.61 bits per heavy atom. The number of carbonyl (C=O) groups is 1. The first-order valence-electron chi connectivity index (χ1n) is 9.17. The highest BCUT2D eigenvalue weighted by Gasteiger charge is 2.09. The Hall–Kier alpha value is -3.61. The van der Waals surface area contributed by atoms with Gasteiger partial charge in [-0.1, -0.05) is 30.3 Å². The van der Waals surface area contributed by atoms with Crippen LogP contribution in [0.4, 0.5) is 0 Å². The third kappa shape index (κ3) is 3.46. The summed E-state index contributed by atoms with van der Waals surface area (Å²) in [5.41, 5.74) is 2.11. The van der Waals surface area contributed by atoms with E-state index in [1.54, 1.807) is 24.3 Å². The van der Waals surface area contributed by atoms with Crippen molar-refractivity contribution >= 4 is 27.8 Å². The Morgan fingerprint density at radius 2 is 1.75 bits per heavy atom. The smallest absolute Gasteiger partial charge is 0.316 e. The Labute approximate surface area is 160 Å². The molecule has 0 aliphatic heterocycles. The van der Waals surface area contributed by atoms with Crippen LogP contribution < -0.4 is 16.4 Å². The van der Waals surface area contributed by atoms with Gasteiger partial charge in [0.1, 0.15) is 0 Å². The summed E-state index contributed by atoms with van der Waals surface area (Å²) in [5.74, 6) is -0.0903. The monoisotopic (exact) mass is 376 g/mol. The lowest BCUT2D eigenvalue weighted by Gasteiger charge is -2.10. The number of hydrogen-bond donors (Lipinski definition) is 3. The summed E-state index contributed by atoms with van der Waals surface area (Å²) >= 11 is 0. The van der Waals surface area contributed by atoms with Gasteiger partial charge in [-0.15, -0.1) is 0 Å². The van der Waals surface area contributed by atoms with Crippen LogP contribution >= 0.6 is 0 Å². The van der Waals surface area contributed by atoms with E-state index in [4.69, 9.17) is 0 Å². The summed E-state index contributed by atoms with van der Waals surface area (Å²) in [5, 5.41) is 3.95. The van der Waals surface area contributed by atoms with E-state index in [0.717, 1.165) is 16.5 Å². The van der Waals surface area contributed by atoms with Gasteiger partial charge in [0.25, 0.3) is 0 Å². The number of nitrogens with zero attached hydrogens (tertiary/aromatic N) is 1. The van der Waals surface area contributed by atoms with Crippen molar-refractivity contribution in [3.05, 3.63) is 81.0 Å². The van der Waals surface area contributed by atoms with Crippen LogP contribution in [-0.2, 0) is 17.8 Å². The first-order chi connectivity index (χ1) is 13.6. The molecule has 2 aromatic heterocycles. The van der Waals surface area contributed by atoms with E-state index >= 15 is 0 Å². The first-order valence-corrected chi connectivity index (χ1v) is 9.17. The minimum absolute atomic E-state index is 0.0903. The summed E-state index contributed by atoms with van der Waals surface area (Å²) in [4.78, 5) is 42.0. The molecule has 0 saturated carbocycles. The van der Waals surface area contributed by atoms with E-state index in [1.807, 2.05) is 30.5 Å². The van der Waals surface area contributed by atoms with Gasteiger partial charge >= 0.3 is 11.1 Å². The fraction of sp³-hybridized carbons (Fsp3) is 0.190. The standard InChI is InChI=1S/C21H20N4O3/c26-19(10-9-14-13-23-16-6-2-1-5-15(14)16)22-11-12-25-18-8-4-3-7-17(18)24-20(27)21(25)28/h1-8,13,23H,9-12H2,(H,22,26)(H,24,27). The van der Waals surface area contributed by atoms with Crippen molar-refractivity contribution in [3.8, 4) is 0 Å². The fourth-order valence-electron chi connectivity index (χ4n) is 3.43. The molecule has 2 aromatic carbocycles. The zero-order chi connectivity index (χ0) is 19.5. The topological polar surface area (TPSA) is 99.8 Å². The predicted molar refractivity (Wildman–Crippen MR) is 108 cm³/mol. The maximum Gasteiger partial charge on any atom is 0.316 e. The third-order valence-corrected chi connectivity index (χ3v) is 4.84. The molecule has 142 valence electrons. The molecule has 1 amide bonds. The summed E-state index contributed by atoms with van der Waals surface area (Å²) in [6, 6.07) is 15.1. The second-order valence-electron chi connectivity index (χ2n) is 6.64. The quantitative estimate of drug-likeness (QED) is 0.448. The molecule has 3 N–H and O–H groups in total. The Morgan fingerprint density at radius 1 is 1.00 bits per heavy atom. The van der Waals surface area contributed by atoms with Gasteiger partial charge in [0.05, 0.1) is 11.0 Å². The normalized spacial score (nSPS) is 11.1. The van der Waals surface area contributed by atoms with E-state index in [9.17, 15) is 14.4 Å². The zero-order valence-electron chi connectivity index (χ0n) is 15.2. The molecule has 0 radical (unpaired) electrons. The molecular weight excluding hydrogens is 356 g/mol. The number of carbonyl (C=O) groups excluding carboxylic acids is 1. The molecule has 2 heterocycles. The average Bonchev–Trinajstić information content (AvgIpc) is 3.12. The van der Waals surface area contributed by atoms with Gasteiger partial charge in [-0.05, 0) is 30.2 Å². The second kappa shape index (κ2) is 7.56. The van der Waals surface area contributed by atoms with Crippen LogP contribution in [0.5, 0.6) is 0 Å². The van der Waals surface area contributed by atoms with Crippen LogP contribution in [0.2, 0.25) is 0 Å². The zero-order valence-corrected chi connectivity index (χ0v) is 15.2. The van der Waals surface area contributed by atoms with Crippen LogP contribution in [0.25, 0.3) is 21.9 Å². The summed E-state index contributed by atoms with van der Waals surface area (Å²) in [6.45, 7) is 0.516. The number of nitrogens with one attached hydrogen (secondary N) is 3. The molecule has 7 nitrogen and oxygen atoms in total. The molecule has 28 heavy (non-hydrogen) atoms. The summed E-state index contributed by atoms with van der Waals surface area (Å²) in [7, 11) is 0. The highest BCUT2D eigenvalue weighted by Crippen LogP contribution is 2.18. The van der Waals surface area contributed by atoms with Gasteiger partial charge in [-0.2, -0.15) is 0 Å². The lowest BCUT2D eigenvalue weighted by atomic mass is 10.1. The van der Waals surface area contributed by atoms with E-state index in [-0.39, 0.29) is 19.0 Å². The van der Waals surface area contributed by atoms with Crippen molar-refractivity contribution in [1.82, 2.24) is 19.9 Å². The van der Waals surface area contributed by atoms with Crippen molar-refractivity contribution in [3.63, 3.8) is 0 Å².